The van der Waals surface area contributed by atoms with Crippen LogP contribution in [0.2, 0.25) is 0 Å². The lowest BCUT2D eigenvalue weighted by molar-refractivity contribution is -0.150. The number of nitrogens with zero attached hydrogens (tertiary/aromatic N) is 2. The van der Waals surface area contributed by atoms with Crippen LogP contribution >= 0.6 is 0 Å². The molecule has 1 aliphatic rings. The Hall–Kier alpha value is -2.17. The Balaban J connectivity index is 1.95. The number of carboxylic acids is 1. The van der Waals surface area contributed by atoms with Crippen LogP contribution < -0.4 is 5.32 Å². The van der Waals surface area contributed by atoms with Crippen molar-refractivity contribution >= 4 is 22.7 Å². The third-order valence-corrected chi connectivity index (χ3v) is 4.55. The number of hydrogen-bond acceptors (Lipinski definition) is 4. The zero-order chi connectivity index (χ0) is 14.9. The van der Waals surface area contributed by atoms with E-state index in [0.717, 1.165) is 36.0 Å². The molecule has 0 bridgehead atoms. The van der Waals surface area contributed by atoms with Crippen molar-refractivity contribution in [3.05, 3.63) is 30.6 Å². The summed E-state index contributed by atoms with van der Waals surface area (Å²) in [5.41, 5.74) is 0.118. The van der Waals surface area contributed by atoms with Gasteiger partial charge >= 0.3 is 5.97 Å². The van der Waals surface area contributed by atoms with Gasteiger partial charge in [0, 0.05) is 11.4 Å². The SMILES string of the molecule is CC1(C(=O)O)CCCCC1Nc1ncnc2ccccc12. The molecule has 2 aromatic rings. The van der Waals surface area contributed by atoms with Crippen molar-refractivity contribution in [2.24, 2.45) is 5.41 Å². The Labute approximate surface area is 123 Å². The second-order valence-corrected chi connectivity index (χ2v) is 5.90. The average molecular weight is 285 g/mol. The topological polar surface area (TPSA) is 75.1 Å². The molecule has 0 saturated heterocycles. The molecule has 21 heavy (non-hydrogen) atoms. The van der Waals surface area contributed by atoms with Gasteiger partial charge in [-0.2, -0.15) is 0 Å². The molecule has 1 saturated carbocycles. The van der Waals surface area contributed by atoms with Crippen LogP contribution in [0.1, 0.15) is 32.6 Å². The van der Waals surface area contributed by atoms with Gasteiger partial charge < -0.3 is 10.4 Å². The van der Waals surface area contributed by atoms with E-state index in [1.54, 1.807) is 0 Å². The Morgan fingerprint density at radius 2 is 2.14 bits per heavy atom. The lowest BCUT2D eigenvalue weighted by atomic mass is 9.71. The predicted molar refractivity (Wildman–Crippen MR) is 81.2 cm³/mol. The van der Waals surface area contributed by atoms with Crippen molar-refractivity contribution in [3.8, 4) is 0 Å². The highest BCUT2D eigenvalue weighted by Crippen LogP contribution is 2.38. The fraction of sp³-hybridized carbons (Fsp3) is 0.438. The number of carbonyl (C=O) groups is 1. The number of fused-ring (bicyclic) bond motifs is 1. The van der Waals surface area contributed by atoms with Gasteiger partial charge in [0.15, 0.2) is 0 Å². The first kappa shape index (κ1) is 13.8. The number of anilines is 1. The molecule has 110 valence electrons. The number of aromatic nitrogens is 2. The van der Waals surface area contributed by atoms with Gasteiger partial charge in [0.25, 0.3) is 0 Å². The zero-order valence-corrected chi connectivity index (χ0v) is 12.0. The van der Waals surface area contributed by atoms with Crippen LogP contribution in [-0.4, -0.2) is 27.1 Å². The van der Waals surface area contributed by atoms with Gasteiger partial charge in [0.1, 0.15) is 12.1 Å². The van der Waals surface area contributed by atoms with Crippen LogP contribution in [0.15, 0.2) is 30.6 Å². The first-order chi connectivity index (χ1) is 10.1. The van der Waals surface area contributed by atoms with E-state index >= 15 is 0 Å². The monoisotopic (exact) mass is 285 g/mol. The highest BCUT2D eigenvalue weighted by atomic mass is 16.4. The normalized spacial score (nSPS) is 25.7. The van der Waals surface area contributed by atoms with Gasteiger partial charge in [-0.15, -0.1) is 0 Å². The van der Waals surface area contributed by atoms with E-state index in [4.69, 9.17) is 0 Å². The summed E-state index contributed by atoms with van der Waals surface area (Å²) in [4.78, 5) is 20.2. The minimum atomic E-state index is -0.746. The lowest BCUT2D eigenvalue weighted by Crippen LogP contribution is -2.46. The quantitative estimate of drug-likeness (QED) is 0.906. The molecular weight excluding hydrogens is 266 g/mol. The number of benzene rings is 1. The van der Waals surface area contributed by atoms with Crippen LogP contribution in [0, 0.1) is 5.41 Å². The number of para-hydroxylation sites is 1. The highest BCUT2D eigenvalue weighted by molar-refractivity contribution is 5.89. The average Bonchev–Trinajstić information content (AvgIpc) is 2.50. The Kier molecular flexibility index (Phi) is 3.49. The van der Waals surface area contributed by atoms with Crippen molar-refractivity contribution in [2.75, 3.05) is 5.32 Å². The maximum absolute atomic E-state index is 11.7. The van der Waals surface area contributed by atoms with Crippen LogP contribution in [0.4, 0.5) is 5.82 Å². The standard InChI is InChI=1S/C16H19N3O2/c1-16(15(20)21)9-5-4-8-13(16)19-14-11-6-2-3-7-12(11)17-10-18-14/h2-3,6-7,10,13H,4-5,8-9H2,1H3,(H,20,21)(H,17,18,19). The van der Waals surface area contributed by atoms with Crippen molar-refractivity contribution in [2.45, 2.75) is 38.6 Å². The minimum Gasteiger partial charge on any atom is -0.481 e. The fourth-order valence-electron chi connectivity index (χ4n) is 3.11. The molecule has 0 aliphatic heterocycles. The molecule has 0 radical (unpaired) electrons. The minimum absolute atomic E-state index is 0.109. The van der Waals surface area contributed by atoms with E-state index in [1.165, 1.54) is 6.33 Å². The van der Waals surface area contributed by atoms with Gasteiger partial charge in [-0.3, -0.25) is 4.79 Å². The van der Waals surface area contributed by atoms with Crippen molar-refractivity contribution in [1.29, 1.82) is 0 Å². The molecule has 0 amide bonds. The molecule has 1 heterocycles. The van der Waals surface area contributed by atoms with Crippen molar-refractivity contribution in [3.63, 3.8) is 0 Å². The van der Waals surface area contributed by atoms with Gasteiger partial charge in [0.2, 0.25) is 0 Å². The summed E-state index contributed by atoms with van der Waals surface area (Å²) >= 11 is 0. The van der Waals surface area contributed by atoms with Crippen molar-refractivity contribution in [1.82, 2.24) is 9.97 Å². The molecule has 1 aliphatic carbocycles. The van der Waals surface area contributed by atoms with E-state index in [2.05, 4.69) is 15.3 Å². The fourth-order valence-corrected chi connectivity index (χ4v) is 3.11. The maximum atomic E-state index is 11.7. The number of rotatable bonds is 3. The molecular formula is C16H19N3O2. The first-order valence-electron chi connectivity index (χ1n) is 7.31. The first-order valence-corrected chi connectivity index (χ1v) is 7.31. The van der Waals surface area contributed by atoms with Crippen LogP contribution in [0.25, 0.3) is 10.9 Å². The van der Waals surface area contributed by atoms with E-state index in [1.807, 2.05) is 31.2 Å². The molecule has 1 fully saturated rings. The van der Waals surface area contributed by atoms with E-state index < -0.39 is 11.4 Å². The summed E-state index contributed by atoms with van der Waals surface area (Å²) in [5, 5.41) is 13.9. The Bertz CT molecular complexity index is 668. The second kappa shape index (κ2) is 5.31. The third-order valence-electron chi connectivity index (χ3n) is 4.55. The molecule has 2 N–H and O–H groups in total. The molecule has 5 heteroatoms. The maximum Gasteiger partial charge on any atom is 0.311 e. The van der Waals surface area contributed by atoms with Gasteiger partial charge in [-0.25, -0.2) is 9.97 Å². The Morgan fingerprint density at radius 1 is 1.33 bits per heavy atom. The lowest BCUT2D eigenvalue weighted by Gasteiger charge is -2.38. The summed E-state index contributed by atoms with van der Waals surface area (Å²) in [5.74, 6) is -0.0157. The summed E-state index contributed by atoms with van der Waals surface area (Å²) in [6, 6.07) is 7.65. The second-order valence-electron chi connectivity index (χ2n) is 5.90. The van der Waals surface area contributed by atoms with Gasteiger partial charge in [-0.05, 0) is 31.9 Å². The summed E-state index contributed by atoms with van der Waals surface area (Å²) in [6.07, 6.45) is 5.07. The molecule has 1 aromatic carbocycles. The smallest absolute Gasteiger partial charge is 0.311 e. The van der Waals surface area contributed by atoms with Crippen LogP contribution in [0.3, 0.4) is 0 Å². The molecule has 0 spiro atoms. The van der Waals surface area contributed by atoms with Gasteiger partial charge in [0.05, 0.1) is 10.9 Å². The van der Waals surface area contributed by atoms with Gasteiger partial charge in [-0.1, -0.05) is 25.0 Å². The number of carboxylic acid groups (broad SMARTS) is 1. The zero-order valence-electron chi connectivity index (χ0n) is 12.0. The van der Waals surface area contributed by atoms with E-state index in [-0.39, 0.29) is 6.04 Å². The van der Waals surface area contributed by atoms with E-state index in [0.29, 0.717) is 6.42 Å². The third kappa shape index (κ3) is 2.44. The van der Waals surface area contributed by atoms with Crippen molar-refractivity contribution < 1.29 is 9.90 Å². The van der Waals surface area contributed by atoms with Crippen LogP contribution in [-0.2, 0) is 4.79 Å². The summed E-state index contributed by atoms with van der Waals surface area (Å²) < 4.78 is 0. The van der Waals surface area contributed by atoms with Crippen LogP contribution in [0.5, 0.6) is 0 Å². The summed E-state index contributed by atoms with van der Waals surface area (Å²) in [6.45, 7) is 1.83. The number of aliphatic carboxylic acids is 1. The molecule has 3 rings (SSSR count). The number of nitrogens with one attached hydrogen (secondary N) is 1. The van der Waals surface area contributed by atoms with E-state index in [9.17, 15) is 9.90 Å². The Morgan fingerprint density at radius 3 is 2.95 bits per heavy atom. The predicted octanol–water partition coefficient (Wildman–Crippen LogP) is 3.08. The molecule has 5 nitrogen and oxygen atoms in total. The number of hydrogen-bond donors (Lipinski definition) is 2. The summed E-state index contributed by atoms with van der Waals surface area (Å²) in [7, 11) is 0. The largest absolute Gasteiger partial charge is 0.481 e. The molecule has 1 aromatic heterocycles. The highest BCUT2D eigenvalue weighted by Gasteiger charge is 2.43. The molecule has 2 unspecified atom stereocenters. The molecule has 2 atom stereocenters.